The molecule has 1 amide bonds. The average molecular weight is 271 g/mol. The van der Waals surface area contributed by atoms with Crippen LogP contribution >= 0.6 is 0 Å². The van der Waals surface area contributed by atoms with Crippen LogP contribution in [0, 0.1) is 0 Å². The molecule has 0 saturated heterocycles. The van der Waals surface area contributed by atoms with Crippen LogP contribution in [0.4, 0.5) is 11.4 Å². The number of aromatic nitrogens is 1. The highest BCUT2D eigenvalue weighted by Crippen LogP contribution is 2.11. The van der Waals surface area contributed by atoms with Crippen LogP contribution in [0.15, 0.2) is 48.7 Å². The molecule has 2 N–H and O–H groups in total. The third kappa shape index (κ3) is 4.28. The Labute approximate surface area is 118 Å². The lowest BCUT2D eigenvalue weighted by atomic mass is 10.3. The highest BCUT2D eigenvalue weighted by atomic mass is 16.5. The second-order valence-corrected chi connectivity index (χ2v) is 4.09. The van der Waals surface area contributed by atoms with Gasteiger partial charge in [-0.25, -0.2) is 4.98 Å². The number of hydrogen-bond donors (Lipinski definition) is 2. The zero-order valence-corrected chi connectivity index (χ0v) is 11.3. The van der Waals surface area contributed by atoms with Crippen LogP contribution in [-0.4, -0.2) is 24.0 Å². The van der Waals surface area contributed by atoms with Crippen LogP contribution in [0.2, 0.25) is 0 Å². The van der Waals surface area contributed by atoms with Crippen LogP contribution in [-0.2, 0) is 4.79 Å². The van der Waals surface area contributed by atoms with Gasteiger partial charge in [0.05, 0.1) is 25.0 Å². The molecule has 1 aromatic heterocycles. The summed E-state index contributed by atoms with van der Waals surface area (Å²) < 4.78 is 5.25. The van der Waals surface area contributed by atoms with Crippen LogP contribution in [0.25, 0.3) is 0 Å². The Morgan fingerprint density at radius 3 is 2.60 bits per heavy atom. The normalized spacial score (nSPS) is 9.85. The van der Waals surface area contributed by atoms with Crippen molar-refractivity contribution < 1.29 is 9.53 Å². The summed E-state index contributed by atoms with van der Waals surface area (Å²) in [4.78, 5) is 15.9. The molecule has 0 aliphatic carbocycles. The van der Waals surface area contributed by atoms with Gasteiger partial charge in [0.2, 0.25) is 11.8 Å². The number of amides is 1. The van der Waals surface area contributed by atoms with Crippen molar-refractivity contribution in [2.75, 3.05) is 23.8 Å². The Kier molecular flexibility index (Phi) is 4.94. The van der Waals surface area contributed by atoms with Crippen LogP contribution < -0.4 is 15.4 Å². The lowest BCUT2D eigenvalue weighted by Gasteiger charge is -2.08. The lowest BCUT2D eigenvalue weighted by Crippen LogP contribution is -2.21. The highest BCUT2D eigenvalue weighted by Gasteiger charge is 2.02. The Bertz CT molecular complexity index is 541. The minimum Gasteiger partial charge on any atom is -0.478 e. The molecule has 0 fully saturated rings. The van der Waals surface area contributed by atoms with Crippen molar-refractivity contribution in [2.45, 2.75) is 6.92 Å². The molecule has 0 aliphatic rings. The number of carbonyl (C=O) groups excluding carboxylic acids is 1. The van der Waals surface area contributed by atoms with Crippen molar-refractivity contribution in [1.82, 2.24) is 4.98 Å². The van der Waals surface area contributed by atoms with E-state index in [2.05, 4.69) is 15.6 Å². The fourth-order valence-electron chi connectivity index (χ4n) is 1.63. The summed E-state index contributed by atoms with van der Waals surface area (Å²) in [6, 6.07) is 12.9. The topological polar surface area (TPSA) is 63.2 Å². The molecule has 0 spiro atoms. The van der Waals surface area contributed by atoms with E-state index in [1.807, 2.05) is 43.3 Å². The van der Waals surface area contributed by atoms with Gasteiger partial charge < -0.3 is 15.4 Å². The zero-order valence-electron chi connectivity index (χ0n) is 11.3. The van der Waals surface area contributed by atoms with Crippen molar-refractivity contribution in [3.63, 3.8) is 0 Å². The highest BCUT2D eigenvalue weighted by molar-refractivity contribution is 5.93. The van der Waals surface area contributed by atoms with Gasteiger partial charge in [0.1, 0.15) is 0 Å². The maximum atomic E-state index is 11.7. The monoisotopic (exact) mass is 271 g/mol. The molecule has 5 heteroatoms. The molecule has 0 unspecified atom stereocenters. The van der Waals surface area contributed by atoms with Gasteiger partial charge in [0.15, 0.2) is 0 Å². The predicted molar refractivity (Wildman–Crippen MR) is 79.0 cm³/mol. The van der Waals surface area contributed by atoms with Crippen LogP contribution in [0.5, 0.6) is 5.88 Å². The van der Waals surface area contributed by atoms with Gasteiger partial charge in [-0.1, -0.05) is 18.2 Å². The summed E-state index contributed by atoms with van der Waals surface area (Å²) in [6.07, 6.45) is 1.64. The number of para-hydroxylation sites is 1. The minimum absolute atomic E-state index is 0.106. The molecule has 0 bridgehead atoms. The van der Waals surface area contributed by atoms with E-state index >= 15 is 0 Å². The van der Waals surface area contributed by atoms with Crippen molar-refractivity contribution in [1.29, 1.82) is 0 Å². The van der Waals surface area contributed by atoms with Gasteiger partial charge in [-0.2, -0.15) is 0 Å². The SMILES string of the molecule is CCOc1ccc(NCC(=O)Nc2ccccc2)cn1. The Balaban J connectivity index is 1.81. The maximum absolute atomic E-state index is 11.7. The lowest BCUT2D eigenvalue weighted by molar-refractivity contribution is -0.114. The standard InChI is InChI=1S/C15H17N3O2/c1-2-20-15-9-8-13(10-17-15)16-11-14(19)18-12-6-4-3-5-7-12/h3-10,16H,2,11H2,1H3,(H,18,19). The largest absolute Gasteiger partial charge is 0.478 e. The molecule has 1 aromatic carbocycles. The van der Waals surface area contributed by atoms with Gasteiger partial charge in [-0.3, -0.25) is 4.79 Å². The quantitative estimate of drug-likeness (QED) is 0.847. The van der Waals surface area contributed by atoms with Gasteiger partial charge in [0, 0.05) is 11.8 Å². The van der Waals surface area contributed by atoms with Crippen molar-refractivity contribution in [3.05, 3.63) is 48.7 Å². The fourth-order valence-corrected chi connectivity index (χ4v) is 1.63. The number of hydrogen-bond acceptors (Lipinski definition) is 4. The predicted octanol–water partition coefficient (Wildman–Crippen LogP) is 2.53. The van der Waals surface area contributed by atoms with E-state index in [1.54, 1.807) is 12.3 Å². The first kappa shape index (κ1) is 13.9. The summed E-state index contributed by atoms with van der Waals surface area (Å²) in [5.74, 6) is 0.469. The Morgan fingerprint density at radius 2 is 1.95 bits per heavy atom. The molecular weight excluding hydrogens is 254 g/mol. The Morgan fingerprint density at radius 1 is 1.15 bits per heavy atom. The van der Waals surface area contributed by atoms with Crippen molar-refractivity contribution in [3.8, 4) is 5.88 Å². The van der Waals surface area contributed by atoms with Gasteiger partial charge in [-0.05, 0) is 25.1 Å². The molecule has 1 heterocycles. The zero-order chi connectivity index (χ0) is 14.2. The van der Waals surface area contributed by atoms with E-state index < -0.39 is 0 Å². The minimum atomic E-state index is -0.106. The number of pyridine rings is 1. The molecule has 20 heavy (non-hydrogen) atoms. The summed E-state index contributed by atoms with van der Waals surface area (Å²) in [6.45, 7) is 2.67. The molecule has 0 saturated carbocycles. The second-order valence-electron chi connectivity index (χ2n) is 4.09. The molecule has 0 atom stereocenters. The smallest absolute Gasteiger partial charge is 0.243 e. The third-order valence-electron chi connectivity index (χ3n) is 2.54. The molecule has 2 rings (SSSR count). The fraction of sp³-hybridized carbons (Fsp3) is 0.200. The first-order chi connectivity index (χ1) is 9.78. The van der Waals surface area contributed by atoms with E-state index in [0.717, 1.165) is 11.4 Å². The van der Waals surface area contributed by atoms with E-state index in [0.29, 0.717) is 12.5 Å². The number of ether oxygens (including phenoxy) is 1. The molecular formula is C15H17N3O2. The van der Waals surface area contributed by atoms with E-state index in [4.69, 9.17) is 4.74 Å². The maximum Gasteiger partial charge on any atom is 0.243 e. The van der Waals surface area contributed by atoms with Gasteiger partial charge in [0.25, 0.3) is 0 Å². The number of nitrogens with zero attached hydrogens (tertiary/aromatic N) is 1. The third-order valence-corrected chi connectivity index (χ3v) is 2.54. The number of benzene rings is 1. The first-order valence-electron chi connectivity index (χ1n) is 6.45. The van der Waals surface area contributed by atoms with Gasteiger partial charge in [-0.15, -0.1) is 0 Å². The molecule has 5 nitrogen and oxygen atoms in total. The van der Waals surface area contributed by atoms with E-state index in [1.165, 1.54) is 0 Å². The van der Waals surface area contributed by atoms with Crippen LogP contribution in [0.1, 0.15) is 6.92 Å². The molecule has 104 valence electrons. The van der Waals surface area contributed by atoms with Gasteiger partial charge >= 0.3 is 0 Å². The molecule has 0 radical (unpaired) electrons. The Hall–Kier alpha value is -2.56. The molecule has 2 aromatic rings. The van der Waals surface area contributed by atoms with Crippen LogP contribution in [0.3, 0.4) is 0 Å². The summed E-state index contributed by atoms with van der Waals surface area (Å²) >= 11 is 0. The number of rotatable bonds is 6. The van der Waals surface area contributed by atoms with Crippen molar-refractivity contribution in [2.24, 2.45) is 0 Å². The number of carbonyl (C=O) groups is 1. The summed E-state index contributed by atoms with van der Waals surface area (Å²) in [5.41, 5.74) is 1.56. The molecule has 0 aliphatic heterocycles. The first-order valence-corrected chi connectivity index (χ1v) is 6.45. The second kappa shape index (κ2) is 7.13. The van der Waals surface area contributed by atoms with E-state index in [9.17, 15) is 4.79 Å². The van der Waals surface area contributed by atoms with Crippen molar-refractivity contribution >= 4 is 17.3 Å². The summed E-state index contributed by atoms with van der Waals surface area (Å²) in [5, 5.41) is 5.80. The summed E-state index contributed by atoms with van der Waals surface area (Å²) in [7, 11) is 0. The number of nitrogens with one attached hydrogen (secondary N) is 2. The number of anilines is 2. The average Bonchev–Trinajstić information content (AvgIpc) is 2.48. The van der Waals surface area contributed by atoms with E-state index in [-0.39, 0.29) is 12.5 Å².